The van der Waals surface area contributed by atoms with Crippen LogP contribution >= 0.6 is 11.8 Å². The lowest BCUT2D eigenvalue weighted by molar-refractivity contribution is 0.626. The quantitative estimate of drug-likeness (QED) is 0.683. The highest BCUT2D eigenvalue weighted by molar-refractivity contribution is 7.98. The first-order chi connectivity index (χ1) is 9.29. The Morgan fingerprint density at radius 2 is 1.79 bits per heavy atom. The fourth-order valence-electron chi connectivity index (χ4n) is 1.61. The van der Waals surface area contributed by atoms with Gasteiger partial charge in [0.1, 0.15) is 5.82 Å². The zero-order chi connectivity index (χ0) is 13.5. The molecule has 0 aliphatic heterocycles. The van der Waals surface area contributed by atoms with E-state index in [0.29, 0.717) is 6.54 Å². The first-order valence-corrected chi connectivity index (χ1v) is 6.93. The van der Waals surface area contributed by atoms with Crippen molar-refractivity contribution in [2.75, 3.05) is 6.54 Å². The molecule has 0 aliphatic rings. The van der Waals surface area contributed by atoms with E-state index in [1.54, 1.807) is 23.9 Å². The van der Waals surface area contributed by atoms with Crippen LogP contribution in [0, 0.1) is 17.7 Å². The van der Waals surface area contributed by atoms with Crippen LogP contribution in [0.1, 0.15) is 11.1 Å². The molecule has 0 saturated heterocycles. The maximum absolute atomic E-state index is 12.8. The molecule has 0 spiro atoms. The van der Waals surface area contributed by atoms with E-state index in [1.165, 1.54) is 12.1 Å². The van der Waals surface area contributed by atoms with E-state index in [-0.39, 0.29) is 5.82 Å². The first kappa shape index (κ1) is 13.7. The standard InChI is InChI=1S/C16H14FNS/c17-15-7-9-16(10-8-15)19-12-14-5-2-1-4-13(14)6-3-11-18/h1-2,4-5,7-10H,11-12,18H2. The molecule has 2 N–H and O–H groups in total. The molecule has 0 unspecified atom stereocenters. The molecule has 0 aromatic heterocycles. The third-order valence-corrected chi connectivity index (χ3v) is 3.61. The molecular formula is C16H14FNS. The number of hydrogen-bond donors (Lipinski definition) is 1. The van der Waals surface area contributed by atoms with Crippen molar-refractivity contribution in [2.45, 2.75) is 10.6 Å². The largest absolute Gasteiger partial charge is 0.320 e. The summed E-state index contributed by atoms with van der Waals surface area (Å²) in [6, 6.07) is 14.5. The van der Waals surface area contributed by atoms with Crippen LogP contribution in [0.3, 0.4) is 0 Å². The fourth-order valence-corrected chi connectivity index (χ4v) is 2.51. The van der Waals surface area contributed by atoms with Gasteiger partial charge in [-0.15, -0.1) is 11.8 Å². The first-order valence-electron chi connectivity index (χ1n) is 5.95. The van der Waals surface area contributed by atoms with Crippen LogP contribution < -0.4 is 5.73 Å². The van der Waals surface area contributed by atoms with Gasteiger partial charge in [-0.05, 0) is 35.9 Å². The second-order valence-corrected chi connectivity index (χ2v) is 4.95. The van der Waals surface area contributed by atoms with Gasteiger partial charge in [0.25, 0.3) is 0 Å². The van der Waals surface area contributed by atoms with Crippen molar-refractivity contribution in [3.05, 3.63) is 65.5 Å². The third-order valence-electron chi connectivity index (χ3n) is 2.55. The molecule has 19 heavy (non-hydrogen) atoms. The van der Waals surface area contributed by atoms with Gasteiger partial charge in [-0.3, -0.25) is 0 Å². The summed E-state index contributed by atoms with van der Waals surface area (Å²) in [5.41, 5.74) is 7.56. The highest BCUT2D eigenvalue weighted by Crippen LogP contribution is 2.24. The highest BCUT2D eigenvalue weighted by atomic mass is 32.2. The Balaban J connectivity index is 2.09. The van der Waals surface area contributed by atoms with Gasteiger partial charge in [-0.1, -0.05) is 30.0 Å². The van der Waals surface area contributed by atoms with Gasteiger partial charge in [0, 0.05) is 16.2 Å². The number of rotatable bonds is 3. The van der Waals surface area contributed by atoms with E-state index in [1.807, 2.05) is 18.2 Å². The Hall–Kier alpha value is -1.76. The lowest BCUT2D eigenvalue weighted by Crippen LogP contribution is -1.94. The summed E-state index contributed by atoms with van der Waals surface area (Å²) < 4.78 is 12.8. The van der Waals surface area contributed by atoms with Gasteiger partial charge in [-0.2, -0.15) is 0 Å². The maximum Gasteiger partial charge on any atom is 0.123 e. The van der Waals surface area contributed by atoms with E-state index in [9.17, 15) is 4.39 Å². The molecule has 3 heteroatoms. The van der Waals surface area contributed by atoms with E-state index in [4.69, 9.17) is 5.73 Å². The average molecular weight is 271 g/mol. The van der Waals surface area contributed by atoms with Crippen LogP contribution in [0.2, 0.25) is 0 Å². The predicted molar refractivity (Wildman–Crippen MR) is 78.3 cm³/mol. The summed E-state index contributed by atoms with van der Waals surface area (Å²) in [7, 11) is 0. The minimum Gasteiger partial charge on any atom is -0.320 e. The summed E-state index contributed by atoms with van der Waals surface area (Å²) in [5, 5.41) is 0. The zero-order valence-corrected chi connectivity index (χ0v) is 11.2. The van der Waals surface area contributed by atoms with Crippen molar-refractivity contribution in [2.24, 2.45) is 5.73 Å². The Morgan fingerprint density at radius 1 is 1.05 bits per heavy atom. The summed E-state index contributed by atoms with van der Waals surface area (Å²) in [4.78, 5) is 1.04. The van der Waals surface area contributed by atoms with Crippen molar-refractivity contribution in [3.63, 3.8) is 0 Å². The molecule has 2 aromatic carbocycles. The molecule has 0 atom stereocenters. The van der Waals surface area contributed by atoms with Crippen LogP contribution in [0.5, 0.6) is 0 Å². The lowest BCUT2D eigenvalue weighted by atomic mass is 10.1. The second-order valence-electron chi connectivity index (χ2n) is 3.91. The third kappa shape index (κ3) is 4.13. The molecule has 0 fully saturated rings. The van der Waals surface area contributed by atoms with Crippen molar-refractivity contribution in [1.29, 1.82) is 0 Å². The summed E-state index contributed by atoms with van der Waals surface area (Å²) in [6.07, 6.45) is 0. The molecule has 1 nitrogen and oxygen atoms in total. The van der Waals surface area contributed by atoms with Crippen LogP contribution in [0.4, 0.5) is 4.39 Å². The van der Waals surface area contributed by atoms with Gasteiger partial charge in [0.05, 0.1) is 6.54 Å². The summed E-state index contributed by atoms with van der Waals surface area (Å²) >= 11 is 1.66. The Bertz CT molecular complexity index is 596. The number of nitrogens with two attached hydrogens (primary N) is 1. The molecule has 0 aliphatic carbocycles. The topological polar surface area (TPSA) is 26.0 Å². The van der Waals surface area contributed by atoms with Gasteiger partial charge in [0.2, 0.25) is 0 Å². The molecule has 2 rings (SSSR count). The molecule has 0 heterocycles. The number of benzene rings is 2. The van der Waals surface area contributed by atoms with E-state index < -0.39 is 0 Å². The monoisotopic (exact) mass is 271 g/mol. The summed E-state index contributed by atoms with van der Waals surface area (Å²) in [6.45, 7) is 0.361. The molecule has 0 radical (unpaired) electrons. The maximum atomic E-state index is 12.8. The lowest BCUT2D eigenvalue weighted by Gasteiger charge is -2.04. The van der Waals surface area contributed by atoms with Crippen LogP contribution in [0.25, 0.3) is 0 Å². The normalized spacial score (nSPS) is 9.79. The van der Waals surface area contributed by atoms with E-state index in [2.05, 4.69) is 17.9 Å². The Morgan fingerprint density at radius 3 is 2.53 bits per heavy atom. The number of hydrogen-bond acceptors (Lipinski definition) is 2. The van der Waals surface area contributed by atoms with Crippen molar-refractivity contribution >= 4 is 11.8 Å². The Kier molecular flexibility index (Phi) is 5.02. The van der Waals surface area contributed by atoms with Crippen LogP contribution in [0.15, 0.2) is 53.4 Å². The van der Waals surface area contributed by atoms with Crippen molar-refractivity contribution in [1.82, 2.24) is 0 Å². The number of thioether (sulfide) groups is 1. The zero-order valence-electron chi connectivity index (χ0n) is 10.4. The van der Waals surface area contributed by atoms with Gasteiger partial charge >= 0.3 is 0 Å². The molecule has 0 saturated carbocycles. The van der Waals surface area contributed by atoms with E-state index >= 15 is 0 Å². The van der Waals surface area contributed by atoms with Crippen LogP contribution in [-0.2, 0) is 5.75 Å². The second kappa shape index (κ2) is 6.98. The SMILES string of the molecule is NCC#Cc1ccccc1CSc1ccc(F)cc1. The molecule has 2 aromatic rings. The van der Waals surface area contributed by atoms with Crippen molar-refractivity contribution in [3.8, 4) is 11.8 Å². The number of halogens is 1. The predicted octanol–water partition coefficient (Wildman–Crippen LogP) is 3.43. The van der Waals surface area contributed by atoms with Gasteiger partial charge in [0.15, 0.2) is 0 Å². The van der Waals surface area contributed by atoms with Crippen LogP contribution in [-0.4, -0.2) is 6.54 Å². The van der Waals surface area contributed by atoms with E-state index in [0.717, 1.165) is 21.8 Å². The highest BCUT2D eigenvalue weighted by Gasteiger charge is 2.01. The molecular weight excluding hydrogens is 257 g/mol. The fraction of sp³-hybridized carbons (Fsp3) is 0.125. The minimum atomic E-state index is -0.210. The minimum absolute atomic E-state index is 0.210. The molecule has 96 valence electrons. The average Bonchev–Trinajstić information content (AvgIpc) is 2.45. The summed E-state index contributed by atoms with van der Waals surface area (Å²) in [5.74, 6) is 6.54. The smallest absolute Gasteiger partial charge is 0.123 e. The van der Waals surface area contributed by atoms with Gasteiger partial charge < -0.3 is 5.73 Å². The van der Waals surface area contributed by atoms with Gasteiger partial charge in [-0.25, -0.2) is 4.39 Å². The Labute approximate surface area is 117 Å². The molecule has 0 amide bonds. The van der Waals surface area contributed by atoms with Crippen molar-refractivity contribution < 1.29 is 4.39 Å². The molecule has 0 bridgehead atoms.